The number of halogens is 1. The molecular formula is C21H20INO3. The SMILES string of the molecule is COc1ccc2c(c[nH+]c3c4cc(OC)c(OC)c(C)c4ccc23)c1.[I-]. The van der Waals surface area contributed by atoms with E-state index in [2.05, 4.69) is 30.1 Å². The van der Waals surface area contributed by atoms with Gasteiger partial charge in [-0.1, -0.05) is 6.07 Å². The number of fused-ring (bicyclic) bond motifs is 5. The predicted molar refractivity (Wildman–Crippen MR) is 99.9 cm³/mol. The first-order valence-corrected chi connectivity index (χ1v) is 8.14. The molecule has 134 valence electrons. The molecule has 0 spiro atoms. The maximum absolute atomic E-state index is 5.54. The molecular weight excluding hydrogens is 441 g/mol. The minimum absolute atomic E-state index is 0. The predicted octanol–water partition coefficient (Wildman–Crippen LogP) is 1.30. The fourth-order valence-corrected chi connectivity index (χ4v) is 3.57. The molecule has 4 aromatic rings. The normalized spacial score (nSPS) is 10.8. The van der Waals surface area contributed by atoms with E-state index in [0.717, 1.165) is 44.5 Å². The smallest absolute Gasteiger partial charge is 0.219 e. The average Bonchev–Trinajstić information content (AvgIpc) is 2.66. The van der Waals surface area contributed by atoms with Crippen molar-refractivity contribution in [3.63, 3.8) is 0 Å². The quantitative estimate of drug-likeness (QED) is 0.341. The van der Waals surface area contributed by atoms with Crippen molar-refractivity contribution in [2.45, 2.75) is 6.92 Å². The number of ether oxygens (including phenoxy) is 3. The van der Waals surface area contributed by atoms with Gasteiger partial charge in [-0.3, -0.25) is 0 Å². The monoisotopic (exact) mass is 461 g/mol. The molecule has 0 fully saturated rings. The molecule has 3 aromatic carbocycles. The lowest BCUT2D eigenvalue weighted by Crippen LogP contribution is -3.00. The summed E-state index contributed by atoms with van der Waals surface area (Å²) < 4.78 is 16.4. The molecule has 0 saturated heterocycles. The van der Waals surface area contributed by atoms with E-state index < -0.39 is 0 Å². The summed E-state index contributed by atoms with van der Waals surface area (Å²) in [6.45, 7) is 2.06. The maximum Gasteiger partial charge on any atom is 0.219 e. The highest BCUT2D eigenvalue weighted by molar-refractivity contribution is 6.14. The van der Waals surface area contributed by atoms with Gasteiger partial charge in [0.15, 0.2) is 17.7 Å². The standard InChI is InChI=1S/C21H19NO3.HI/c1-12-15-7-8-17-16-6-5-14(23-2)9-13(16)11-22-20(17)18(15)10-19(24-3)21(12)25-4;/h5-11H,1-4H3;1H. The van der Waals surface area contributed by atoms with E-state index >= 15 is 0 Å². The van der Waals surface area contributed by atoms with Gasteiger partial charge in [0.25, 0.3) is 0 Å². The summed E-state index contributed by atoms with van der Waals surface area (Å²) in [5.74, 6) is 2.37. The summed E-state index contributed by atoms with van der Waals surface area (Å²) in [6.07, 6.45) is 2.02. The van der Waals surface area contributed by atoms with E-state index in [1.165, 1.54) is 10.8 Å². The second-order valence-corrected chi connectivity index (χ2v) is 6.06. The molecule has 0 atom stereocenters. The minimum atomic E-state index is 0. The zero-order valence-corrected chi connectivity index (χ0v) is 17.3. The van der Waals surface area contributed by atoms with Crippen molar-refractivity contribution in [2.24, 2.45) is 0 Å². The summed E-state index contributed by atoms with van der Waals surface area (Å²) in [6, 6.07) is 12.5. The second-order valence-electron chi connectivity index (χ2n) is 6.06. The van der Waals surface area contributed by atoms with Gasteiger partial charge in [0.2, 0.25) is 5.52 Å². The third-order valence-electron chi connectivity index (χ3n) is 4.83. The van der Waals surface area contributed by atoms with E-state index in [4.69, 9.17) is 14.2 Å². The van der Waals surface area contributed by atoms with Crippen LogP contribution in [0.25, 0.3) is 32.4 Å². The Morgan fingerprint density at radius 1 is 0.769 bits per heavy atom. The Balaban J connectivity index is 0.00000196. The molecule has 0 amide bonds. The number of aromatic amines is 1. The minimum Gasteiger partial charge on any atom is -1.00 e. The van der Waals surface area contributed by atoms with Crippen LogP contribution in [0.5, 0.6) is 17.2 Å². The van der Waals surface area contributed by atoms with Crippen LogP contribution in [0.15, 0.2) is 42.6 Å². The number of benzene rings is 3. The van der Waals surface area contributed by atoms with Crippen molar-refractivity contribution in [3.05, 3.63) is 48.2 Å². The van der Waals surface area contributed by atoms with Gasteiger partial charge in [-0.15, -0.1) is 0 Å². The molecule has 0 radical (unpaired) electrons. The molecule has 1 aromatic heterocycles. The summed E-state index contributed by atoms with van der Waals surface area (Å²) >= 11 is 0. The van der Waals surface area contributed by atoms with Crippen molar-refractivity contribution in [2.75, 3.05) is 21.3 Å². The lowest BCUT2D eigenvalue weighted by molar-refractivity contribution is -0.341. The average molecular weight is 461 g/mol. The van der Waals surface area contributed by atoms with Crippen molar-refractivity contribution < 1.29 is 43.2 Å². The van der Waals surface area contributed by atoms with Gasteiger partial charge in [0.1, 0.15) is 5.75 Å². The Hall–Kier alpha value is -2.28. The molecule has 26 heavy (non-hydrogen) atoms. The van der Waals surface area contributed by atoms with Gasteiger partial charge in [-0.25, -0.2) is 4.98 Å². The van der Waals surface area contributed by atoms with Crippen molar-refractivity contribution in [1.29, 1.82) is 0 Å². The van der Waals surface area contributed by atoms with Gasteiger partial charge in [-0.2, -0.15) is 0 Å². The highest BCUT2D eigenvalue weighted by Crippen LogP contribution is 2.39. The maximum atomic E-state index is 5.54. The first-order valence-electron chi connectivity index (χ1n) is 8.14. The van der Waals surface area contributed by atoms with Crippen LogP contribution in [0.4, 0.5) is 0 Å². The van der Waals surface area contributed by atoms with E-state index in [-0.39, 0.29) is 24.0 Å². The number of rotatable bonds is 3. The third-order valence-corrected chi connectivity index (χ3v) is 4.83. The molecule has 1 N–H and O–H groups in total. The molecule has 0 bridgehead atoms. The molecule has 0 unspecified atom stereocenters. The molecule has 1 heterocycles. The highest BCUT2D eigenvalue weighted by Gasteiger charge is 2.17. The molecule has 4 nitrogen and oxygen atoms in total. The number of aryl methyl sites for hydroxylation is 1. The Labute approximate surface area is 169 Å². The molecule has 0 aliphatic rings. The van der Waals surface area contributed by atoms with Crippen LogP contribution in [0, 0.1) is 6.92 Å². The van der Waals surface area contributed by atoms with Gasteiger partial charge in [-0.05, 0) is 42.6 Å². The topological polar surface area (TPSA) is 41.8 Å². The van der Waals surface area contributed by atoms with Crippen molar-refractivity contribution in [3.8, 4) is 17.2 Å². The van der Waals surface area contributed by atoms with E-state index in [9.17, 15) is 0 Å². The Morgan fingerprint density at radius 2 is 1.50 bits per heavy atom. The molecule has 4 rings (SSSR count). The fourth-order valence-electron chi connectivity index (χ4n) is 3.57. The third kappa shape index (κ3) is 2.70. The van der Waals surface area contributed by atoms with Crippen LogP contribution in [0.1, 0.15) is 5.56 Å². The van der Waals surface area contributed by atoms with Gasteiger partial charge < -0.3 is 38.2 Å². The van der Waals surface area contributed by atoms with Crippen LogP contribution in [0.3, 0.4) is 0 Å². The first kappa shape index (κ1) is 18.5. The fraction of sp³-hybridized carbons (Fsp3) is 0.190. The van der Waals surface area contributed by atoms with Crippen LogP contribution in [0.2, 0.25) is 0 Å². The van der Waals surface area contributed by atoms with E-state index in [1.807, 2.05) is 24.4 Å². The Kier molecular flexibility index (Phi) is 5.09. The lowest BCUT2D eigenvalue weighted by Gasteiger charge is -2.13. The van der Waals surface area contributed by atoms with Crippen molar-refractivity contribution in [1.82, 2.24) is 0 Å². The van der Waals surface area contributed by atoms with E-state index in [0.29, 0.717) is 0 Å². The van der Waals surface area contributed by atoms with E-state index in [1.54, 1.807) is 21.3 Å². The second kappa shape index (κ2) is 7.15. The Morgan fingerprint density at radius 3 is 2.19 bits per heavy atom. The van der Waals surface area contributed by atoms with Gasteiger partial charge in [0, 0.05) is 16.3 Å². The summed E-state index contributed by atoms with van der Waals surface area (Å²) in [5.41, 5.74) is 2.15. The number of pyridine rings is 1. The zero-order chi connectivity index (χ0) is 17.6. The number of aromatic nitrogens is 1. The zero-order valence-electron chi connectivity index (χ0n) is 15.1. The molecule has 0 saturated carbocycles. The molecule has 5 heteroatoms. The number of hydrogen-bond donors (Lipinski definition) is 0. The van der Waals surface area contributed by atoms with Crippen LogP contribution in [-0.2, 0) is 0 Å². The number of methoxy groups -OCH3 is 3. The summed E-state index contributed by atoms with van der Waals surface area (Å²) in [4.78, 5) is 3.45. The number of hydrogen-bond acceptors (Lipinski definition) is 3. The number of H-pyrrole nitrogens is 1. The lowest BCUT2D eigenvalue weighted by atomic mass is 9.98. The van der Waals surface area contributed by atoms with Crippen LogP contribution in [-0.4, -0.2) is 21.3 Å². The van der Waals surface area contributed by atoms with Crippen LogP contribution < -0.4 is 43.2 Å². The molecule has 0 aliphatic heterocycles. The largest absolute Gasteiger partial charge is 1.00 e. The summed E-state index contributed by atoms with van der Waals surface area (Å²) in [7, 11) is 5.02. The van der Waals surface area contributed by atoms with Gasteiger partial charge in [0.05, 0.1) is 32.1 Å². The number of nitrogens with one attached hydrogen (secondary N) is 1. The first-order chi connectivity index (χ1) is 12.2. The highest BCUT2D eigenvalue weighted by atomic mass is 127. The van der Waals surface area contributed by atoms with Gasteiger partial charge >= 0.3 is 0 Å². The van der Waals surface area contributed by atoms with Crippen molar-refractivity contribution >= 4 is 32.4 Å². The molecule has 0 aliphatic carbocycles. The Bertz CT molecular complexity index is 1120. The van der Waals surface area contributed by atoms with Crippen LogP contribution >= 0.6 is 0 Å². The summed E-state index contributed by atoms with van der Waals surface area (Å²) in [5, 5.41) is 5.73.